The van der Waals surface area contributed by atoms with E-state index in [9.17, 15) is 9.59 Å². The van der Waals surface area contributed by atoms with E-state index in [0.717, 1.165) is 51.2 Å². The van der Waals surface area contributed by atoms with Gasteiger partial charge in [-0.15, -0.1) is 0 Å². The van der Waals surface area contributed by atoms with Gasteiger partial charge in [-0.1, -0.05) is 19.3 Å². The summed E-state index contributed by atoms with van der Waals surface area (Å²) in [7, 11) is 1.75. The summed E-state index contributed by atoms with van der Waals surface area (Å²) in [6.45, 7) is 8.42. The smallest absolute Gasteiger partial charge is 0.410 e. The fourth-order valence-electron chi connectivity index (χ4n) is 4.50. The van der Waals surface area contributed by atoms with Crippen LogP contribution in [0.5, 0.6) is 0 Å². The highest BCUT2D eigenvalue weighted by atomic mass is 16.6. The van der Waals surface area contributed by atoms with Gasteiger partial charge in [-0.25, -0.2) is 4.79 Å². The highest BCUT2D eigenvalue weighted by molar-refractivity contribution is 5.81. The SMILES string of the molecule is CN=C(NCCN(C(=O)OC(C)(C)C)C1CC1)NC1CCN(C(=O)C2CCCCC2)C1. The summed E-state index contributed by atoms with van der Waals surface area (Å²) in [5.74, 6) is 1.28. The molecule has 1 heterocycles. The summed E-state index contributed by atoms with van der Waals surface area (Å²) in [6, 6.07) is 0.505. The molecule has 1 atom stereocenters. The molecule has 3 aliphatic rings. The van der Waals surface area contributed by atoms with Crippen LogP contribution in [0.4, 0.5) is 4.79 Å². The molecule has 1 unspecified atom stereocenters. The van der Waals surface area contributed by atoms with Gasteiger partial charge in [0.2, 0.25) is 5.91 Å². The van der Waals surface area contributed by atoms with E-state index in [4.69, 9.17) is 4.74 Å². The summed E-state index contributed by atoms with van der Waals surface area (Å²) in [6.07, 6.45) is 8.50. The number of nitrogens with one attached hydrogen (secondary N) is 2. The molecule has 0 aromatic carbocycles. The minimum atomic E-state index is -0.487. The minimum absolute atomic E-state index is 0.212. The number of rotatable bonds is 6. The maximum Gasteiger partial charge on any atom is 0.410 e. The predicted octanol–water partition coefficient (Wildman–Crippen LogP) is 2.73. The van der Waals surface area contributed by atoms with Gasteiger partial charge < -0.3 is 25.2 Å². The maximum atomic E-state index is 12.8. The number of hydrogen-bond donors (Lipinski definition) is 2. The number of aliphatic imine (C=N–C) groups is 1. The number of likely N-dealkylation sites (tertiary alicyclic amines) is 1. The van der Waals surface area contributed by atoms with Gasteiger partial charge in [-0.2, -0.15) is 0 Å². The zero-order valence-corrected chi connectivity index (χ0v) is 19.8. The summed E-state index contributed by atoms with van der Waals surface area (Å²) in [5.41, 5.74) is -0.487. The first-order valence-corrected chi connectivity index (χ1v) is 12.0. The fraction of sp³-hybridized carbons (Fsp3) is 0.870. The molecule has 0 bridgehead atoms. The first-order valence-electron chi connectivity index (χ1n) is 12.0. The average Bonchev–Trinajstić information content (AvgIpc) is 3.46. The lowest BCUT2D eigenvalue weighted by molar-refractivity contribution is -0.135. The van der Waals surface area contributed by atoms with E-state index in [1.165, 1.54) is 19.3 Å². The summed E-state index contributed by atoms with van der Waals surface area (Å²) >= 11 is 0. The van der Waals surface area contributed by atoms with E-state index in [-0.39, 0.29) is 18.1 Å². The van der Waals surface area contributed by atoms with Crippen molar-refractivity contribution >= 4 is 18.0 Å². The Morgan fingerprint density at radius 2 is 1.81 bits per heavy atom. The molecule has 1 saturated heterocycles. The lowest BCUT2D eigenvalue weighted by Gasteiger charge is -2.28. The lowest BCUT2D eigenvalue weighted by atomic mass is 9.88. The van der Waals surface area contributed by atoms with E-state index in [0.29, 0.717) is 25.0 Å². The molecule has 0 aromatic heterocycles. The molecule has 3 fully saturated rings. The second-order valence-corrected chi connectivity index (χ2v) is 10.2. The van der Waals surface area contributed by atoms with E-state index >= 15 is 0 Å². The van der Waals surface area contributed by atoms with Gasteiger partial charge in [-0.3, -0.25) is 9.79 Å². The normalized spacial score (nSPS) is 22.9. The van der Waals surface area contributed by atoms with Gasteiger partial charge in [0.15, 0.2) is 5.96 Å². The molecule has 0 spiro atoms. The van der Waals surface area contributed by atoms with Crippen LogP contribution in [0.25, 0.3) is 0 Å². The van der Waals surface area contributed by atoms with Crippen LogP contribution in [-0.4, -0.2) is 78.7 Å². The van der Waals surface area contributed by atoms with Crippen molar-refractivity contribution in [1.29, 1.82) is 0 Å². The Hall–Kier alpha value is -1.99. The number of ether oxygens (including phenoxy) is 1. The van der Waals surface area contributed by atoms with Crippen LogP contribution >= 0.6 is 0 Å². The molecule has 31 heavy (non-hydrogen) atoms. The van der Waals surface area contributed by atoms with Gasteiger partial charge in [0.05, 0.1) is 0 Å². The van der Waals surface area contributed by atoms with Crippen LogP contribution in [0.15, 0.2) is 4.99 Å². The van der Waals surface area contributed by atoms with Crippen LogP contribution < -0.4 is 10.6 Å². The Kier molecular flexibility index (Phi) is 8.06. The molecule has 0 radical (unpaired) electrons. The van der Waals surface area contributed by atoms with Crippen LogP contribution in [0.1, 0.15) is 72.1 Å². The van der Waals surface area contributed by atoms with Crippen molar-refractivity contribution in [2.24, 2.45) is 10.9 Å². The fourth-order valence-corrected chi connectivity index (χ4v) is 4.50. The summed E-state index contributed by atoms with van der Waals surface area (Å²) < 4.78 is 5.55. The van der Waals surface area contributed by atoms with E-state index < -0.39 is 5.60 Å². The van der Waals surface area contributed by atoms with Crippen molar-refractivity contribution < 1.29 is 14.3 Å². The van der Waals surface area contributed by atoms with E-state index in [2.05, 4.69) is 15.6 Å². The second-order valence-electron chi connectivity index (χ2n) is 10.2. The molecule has 2 amide bonds. The zero-order chi connectivity index (χ0) is 22.4. The first kappa shape index (κ1) is 23.7. The molecule has 3 rings (SSSR count). The Morgan fingerprint density at radius 3 is 2.42 bits per heavy atom. The number of carbonyl (C=O) groups is 2. The van der Waals surface area contributed by atoms with Crippen LogP contribution in [0.3, 0.4) is 0 Å². The quantitative estimate of drug-likeness (QED) is 0.495. The molecule has 2 aliphatic carbocycles. The number of hydrogen-bond acceptors (Lipinski definition) is 4. The molecular weight excluding hydrogens is 394 g/mol. The van der Waals surface area contributed by atoms with E-state index in [1.54, 1.807) is 7.05 Å². The average molecular weight is 436 g/mol. The summed E-state index contributed by atoms with van der Waals surface area (Å²) in [5, 5.41) is 6.77. The van der Waals surface area contributed by atoms with Crippen LogP contribution in [0, 0.1) is 5.92 Å². The highest BCUT2D eigenvalue weighted by Gasteiger charge is 2.35. The lowest BCUT2D eigenvalue weighted by Crippen LogP contribution is -2.48. The Balaban J connectivity index is 1.41. The Labute approximate surface area is 187 Å². The largest absolute Gasteiger partial charge is 0.444 e. The van der Waals surface area contributed by atoms with Crippen molar-refractivity contribution in [3.8, 4) is 0 Å². The van der Waals surface area contributed by atoms with Crippen molar-refractivity contribution in [1.82, 2.24) is 20.4 Å². The molecule has 8 nitrogen and oxygen atoms in total. The number of nitrogens with zero attached hydrogens (tertiary/aromatic N) is 3. The number of carbonyl (C=O) groups excluding carboxylic acids is 2. The third-order valence-corrected chi connectivity index (χ3v) is 6.28. The first-order chi connectivity index (χ1) is 14.8. The highest BCUT2D eigenvalue weighted by Crippen LogP contribution is 2.28. The van der Waals surface area contributed by atoms with Crippen molar-refractivity contribution in [3.63, 3.8) is 0 Å². The van der Waals surface area contributed by atoms with Gasteiger partial charge in [0, 0.05) is 51.2 Å². The Bertz CT molecular complexity index is 650. The van der Waals surface area contributed by atoms with Crippen LogP contribution in [0.2, 0.25) is 0 Å². The van der Waals surface area contributed by atoms with E-state index in [1.807, 2.05) is 30.6 Å². The molecular formula is C23H41N5O3. The Morgan fingerprint density at radius 1 is 1.10 bits per heavy atom. The summed E-state index contributed by atoms with van der Waals surface area (Å²) in [4.78, 5) is 33.5. The topological polar surface area (TPSA) is 86.3 Å². The van der Waals surface area contributed by atoms with Gasteiger partial charge in [0.25, 0.3) is 0 Å². The standard InChI is InChI=1S/C23H41N5O3/c1-23(2,3)31-22(30)28(19-10-11-19)15-13-25-21(24-4)26-18-12-14-27(16-18)20(29)17-8-6-5-7-9-17/h17-19H,5-16H2,1-4H3,(H2,24,25,26). The van der Waals surface area contributed by atoms with Gasteiger partial charge in [0.1, 0.15) is 5.60 Å². The third-order valence-electron chi connectivity index (χ3n) is 6.28. The molecule has 176 valence electrons. The maximum absolute atomic E-state index is 12.8. The molecule has 2 N–H and O–H groups in total. The van der Waals surface area contributed by atoms with Crippen molar-refractivity contribution in [3.05, 3.63) is 0 Å². The predicted molar refractivity (Wildman–Crippen MR) is 122 cm³/mol. The van der Waals surface area contributed by atoms with Gasteiger partial charge in [-0.05, 0) is 52.9 Å². The zero-order valence-electron chi connectivity index (χ0n) is 19.8. The van der Waals surface area contributed by atoms with Crippen molar-refractivity contribution in [2.45, 2.75) is 89.8 Å². The van der Waals surface area contributed by atoms with Crippen molar-refractivity contribution in [2.75, 3.05) is 33.2 Å². The second kappa shape index (κ2) is 10.6. The molecule has 1 aliphatic heterocycles. The minimum Gasteiger partial charge on any atom is -0.444 e. The van der Waals surface area contributed by atoms with Crippen LogP contribution in [-0.2, 0) is 9.53 Å². The molecule has 0 aromatic rings. The molecule has 8 heteroatoms. The van der Waals surface area contributed by atoms with Gasteiger partial charge >= 0.3 is 6.09 Å². The number of amides is 2. The number of guanidine groups is 1. The molecule has 2 saturated carbocycles. The monoisotopic (exact) mass is 435 g/mol. The third kappa shape index (κ3) is 7.28.